The Hall–Kier alpha value is -0.320. The molecule has 2 unspecified atom stereocenters. The smallest absolute Gasteiger partial charge is 0.216 e. The topological polar surface area (TPSA) is 58.4 Å². The summed E-state index contributed by atoms with van der Waals surface area (Å²) in [6.45, 7) is 7.61. The minimum Gasteiger partial charge on any atom is -0.356 e. The van der Waals surface area contributed by atoms with E-state index in [0.717, 1.165) is 26.2 Å². The van der Waals surface area contributed by atoms with Gasteiger partial charge in [-0.1, -0.05) is 0 Å². The Morgan fingerprint density at radius 2 is 2.31 bits per heavy atom. The van der Waals surface area contributed by atoms with E-state index in [1.165, 1.54) is 12.8 Å². The van der Waals surface area contributed by atoms with Gasteiger partial charge in [-0.25, -0.2) is 0 Å². The highest BCUT2D eigenvalue weighted by molar-refractivity contribution is 5.85. The zero-order valence-electron chi connectivity index (χ0n) is 10.2. The molecule has 0 aromatic heterocycles. The lowest BCUT2D eigenvalue weighted by molar-refractivity contribution is -0.119. The predicted molar refractivity (Wildman–Crippen MR) is 68.7 cm³/mol. The highest BCUT2D eigenvalue weighted by Gasteiger charge is 2.20. The summed E-state index contributed by atoms with van der Waals surface area (Å²) in [5.41, 5.74) is 5.78. The number of carbonyl (C=O) groups excluding carboxylic acids is 1. The van der Waals surface area contributed by atoms with E-state index in [0.29, 0.717) is 5.92 Å². The lowest BCUT2D eigenvalue weighted by atomic mass is 9.97. The van der Waals surface area contributed by atoms with Crippen LogP contribution in [0.2, 0.25) is 0 Å². The van der Waals surface area contributed by atoms with E-state index in [4.69, 9.17) is 5.73 Å². The number of nitrogens with two attached hydrogens (primary N) is 1. The number of piperidine rings is 1. The van der Waals surface area contributed by atoms with E-state index in [1.807, 2.05) is 6.92 Å². The molecule has 0 spiro atoms. The molecule has 0 radical (unpaired) electrons. The molecule has 1 aliphatic rings. The normalized spacial score (nSPS) is 23.3. The Bertz CT molecular complexity index is 211. The first-order chi connectivity index (χ1) is 7.08. The molecule has 0 aliphatic carbocycles. The van der Waals surface area contributed by atoms with Crippen LogP contribution >= 0.6 is 12.4 Å². The van der Waals surface area contributed by atoms with Gasteiger partial charge in [-0.2, -0.15) is 0 Å². The molecule has 1 fully saturated rings. The van der Waals surface area contributed by atoms with Crippen LogP contribution in [0.3, 0.4) is 0 Å². The molecule has 96 valence electrons. The Morgan fingerprint density at radius 3 is 2.88 bits per heavy atom. The van der Waals surface area contributed by atoms with Crippen molar-refractivity contribution in [2.45, 2.75) is 32.7 Å². The summed E-state index contributed by atoms with van der Waals surface area (Å²) >= 11 is 0. The molecule has 4 nitrogen and oxygen atoms in total. The molecule has 2 atom stereocenters. The minimum absolute atomic E-state index is 0. The summed E-state index contributed by atoms with van der Waals surface area (Å²) in [5.74, 6) is 0.667. The molecule has 0 aromatic rings. The first kappa shape index (κ1) is 15.7. The van der Waals surface area contributed by atoms with Crippen molar-refractivity contribution in [1.29, 1.82) is 0 Å². The van der Waals surface area contributed by atoms with Crippen molar-refractivity contribution in [3.05, 3.63) is 0 Å². The van der Waals surface area contributed by atoms with E-state index in [9.17, 15) is 4.79 Å². The number of hydrogen-bond acceptors (Lipinski definition) is 3. The van der Waals surface area contributed by atoms with Crippen LogP contribution in [0.15, 0.2) is 0 Å². The summed E-state index contributed by atoms with van der Waals surface area (Å²) in [6.07, 6.45) is 2.44. The van der Waals surface area contributed by atoms with Crippen LogP contribution in [0.4, 0.5) is 0 Å². The number of rotatable bonds is 4. The van der Waals surface area contributed by atoms with Crippen molar-refractivity contribution in [3.63, 3.8) is 0 Å². The minimum atomic E-state index is 0. The van der Waals surface area contributed by atoms with Crippen molar-refractivity contribution in [2.75, 3.05) is 26.2 Å². The standard InChI is InChI=1S/C11H23N3O.ClH/c1-9(12)7-14-5-3-4-11(8-14)6-13-10(2)15;/h9,11H,3-8,12H2,1-2H3,(H,13,15);1H. The van der Waals surface area contributed by atoms with Crippen molar-refractivity contribution >= 4 is 18.3 Å². The Kier molecular flexibility index (Phi) is 7.72. The Balaban J connectivity index is 0.00000225. The van der Waals surface area contributed by atoms with Crippen molar-refractivity contribution in [2.24, 2.45) is 11.7 Å². The van der Waals surface area contributed by atoms with Crippen LogP contribution < -0.4 is 11.1 Å². The molecular weight excluding hydrogens is 226 g/mol. The first-order valence-corrected chi connectivity index (χ1v) is 5.80. The fraction of sp³-hybridized carbons (Fsp3) is 0.909. The molecule has 0 saturated carbocycles. The number of likely N-dealkylation sites (tertiary alicyclic amines) is 1. The summed E-state index contributed by atoms with van der Waals surface area (Å²) in [4.78, 5) is 13.2. The van der Waals surface area contributed by atoms with Gasteiger partial charge >= 0.3 is 0 Å². The number of nitrogens with one attached hydrogen (secondary N) is 1. The molecular formula is C11H24ClN3O. The van der Waals surface area contributed by atoms with E-state index in [-0.39, 0.29) is 24.4 Å². The maximum atomic E-state index is 10.8. The van der Waals surface area contributed by atoms with Gasteiger partial charge in [0.25, 0.3) is 0 Å². The van der Waals surface area contributed by atoms with Gasteiger partial charge in [-0.05, 0) is 32.2 Å². The summed E-state index contributed by atoms with van der Waals surface area (Å²) in [7, 11) is 0. The highest BCUT2D eigenvalue weighted by atomic mass is 35.5. The zero-order valence-corrected chi connectivity index (χ0v) is 11.1. The van der Waals surface area contributed by atoms with Crippen LogP contribution in [-0.4, -0.2) is 43.0 Å². The second kappa shape index (κ2) is 7.87. The summed E-state index contributed by atoms with van der Waals surface area (Å²) < 4.78 is 0. The van der Waals surface area contributed by atoms with E-state index in [1.54, 1.807) is 6.92 Å². The molecule has 1 aliphatic heterocycles. The van der Waals surface area contributed by atoms with Crippen LogP contribution in [0.25, 0.3) is 0 Å². The second-order valence-corrected chi connectivity index (χ2v) is 4.68. The molecule has 1 saturated heterocycles. The first-order valence-electron chi connectivity index (χ1n) is 5.80. The molecule has 1 rings (SSSR count). The average molecular weight is 250 g/mol. The fourth-order valence-corrected chi connectivity index (χ4v) is 2.18. The second-order valence-electron chi connectivity index (χ2n) is 4.68. The summed E-state index contributed by atoms with van der Waals surface area (Å²) in [5, 5.41) is 2.89. The number of amides is 1. The molecule has 3 N–H and O–H groups in total. The van der Waals surface area contributed by atoms with Crippen LogP contribution in [-0.2, 0) is 4.79 Å². The SMILES string of the molecule is CC(=O)NCC1CCCN(CC(C)N)C1.Cl. The van der Waals surface area contributed by atoms with E-state index >= 15 is 0 Å². The van der Waals surface area contributed by atoms with Crippen molar-refractivity contribution < 1.29 is 4.79 Å². The van der Waals surface area contributed by atoms with E-state index < -0.39 is 0 Å². The molecule has 0 aromatic carbocycles. The third kappa shape index (κ3) is 6.30. The Morgan fingerprint density at radius 1 is 1.62 bits per heavy atom. The van der Waals surface area contributed by atoms with Gasteiger partial charge in [0.2, 0.25) is 5.91 Å². The Labute approximate surface area is 104 Å². The van der Waals surface area contributed by atoms with Gasteiger partial charge in [0.05, 0.1) is 0 Å². The molecule has 0 bridgehead atoms. The zero-order chi connectivity index (χ0) is 11.3. The van der Waals surface area contributed by atoms with E-state index in [2.05, 4.69) is 10.2 Å². The molecule has 1 heterocycles. The third-order valence-electron chi connectivity index (χ3n) is 2.79. The fourth-order valence-electron chi connectivity index (χ4n) is 2.18. The third-order valence-corrected chi connectivity index (χ3v) is 2.79. The largest absolute Gasteiger partial charge is 0.356 e. The van der Waals surface area contributed by atoms with Gasteiger partial charge in [0.15, 0.2) is 0 Å². The number of nitrogens with zero attached hydrogens (tertiary/aromatic N) is 1. The number of halogens is 1. The lowest BCUT2D eigenvalue weighted by Gasteiger charge is -2.33. The quantitative estimate of drug-likeness (QED) is 0.767. The maximum Gasteiger partial charge on any atom is 0.216 e. The predicted octanol–water partition coefficient (Wildman–Crippen LogP) is 0.604. The molecule has 5 heteroatoms. The van der Waals surface area contributed by atoms with Gasteiger partial charge in [-0.3, -0.25) is 4.79 Å². The van der Waals surface area contributed by atoms with Gasteiger partial charge < -0.3 is 16.0 Å². The number of hydrogen-bond donors (Lipinski definition) is 2. The van der Waals surface area contributed by atoms with Crippen molar-refractivity contribution in [1.82, 2.24) is 10.2 Å². The van der Waals surface area contributed by atoms with Crippen LogP contribution in [0.5, 0.6) is 0 Å². The molecule has 1 amide bonds. The maximum absolute atomic E-state index is 10.8. The lowest BCUT2D eigenvalue weighted by Crippen LogP contribution is -2.44. The number of carbonyl (C=O) groups is 1. The average Bonchev–Trinajstić information content (AvgIpc) is 2.14. The van der Waals surface area contributed by atoms with Crippen LogP contribution in [0, 0.1) is 5.92 Å². The van der Waals surface area contributed by atoms with Gasteiger partial charge in [0.1, 0.15) is 0 Å². The van der Waals surface area contributed by atoms with Gasteiger partial charge in [-0.15, -0.1) is 12.4 Å². The van der Waals surface area contributed by atoms with Crippen LogP contribution in [0.1, 0.15) is 26.7 Å². The van der Waals surface area contributed by atoms with Gasteiger partial charge in [0, 0.05) is 32.6 Å². The monoisotopic (exact) mass is 249 g/mol. The summed E-state index contributed by atoms with van der Waals surface area (Å²) in [6, 6.07) is 0.240. The molecule has 16 heavy (non-hydrogen) atoms. The van der Waals surface area contributed by atoms with Crippen molar-refractivity contribution in [3.8, 4) is 0 Å². The highest BCUT2D eigenvalue weighted by Crippen LogP contribution is 2.15.